The quantitative estimate of drug-likeness (QED) is 0.837. The molecule has 0 aliphatic heterocycles. The molecule has 0 radical (unpaired) electrons. The lowest BCUT2D eigenvalue weighted by Crippen LogP contribution is -2.07. The fraction of sp³-hybridized carbons (Fsp3) is 0.200. The van der Waals surface area contributed by atoms with E-state index in [0.717, 1.165) is 12.1 Å². The Morgan fingerprint density at radius 1 is 1.32 bits per heavy atom. The minimum absolute atomic E-state index is 0.0486. The Bertz CT molecular complexity index is 747. The number of thiazole rings is 1. The van der Waals surface area contributed by atoms with E-state index in [-0.39, 0.29) is 11.3 Å². The van der Waals surface area contributed by atoms with E-state index < -0.39 is 17.7 Å². The van der Waals surface area contributed by atoms with Crippen LogP contribution in [-0.4, -0.2) is 16.1 Å². The van der Waals surface area contributed by atoms with Crippen molar-refractivity contribution in [3.05, 3.63) is 45.8 Å². The average Bonchev–Trinajstić information content (AvgIpc) is 2.79. The van der Waals surface area contributed by atoms with E-state index in [0.29, 0.717) is 15.5 Å². The minimum Gasteiger partial charge on any atom is -0.478 e. The molecule has 116 valence electrons. The van der Waals surface area contributed by atoms with Crippen molar-refractivity contribution in [2.75, 3.05) is 0 Å². The number of aryl methyl sites for hydroxylation is 1. The maximum atomic E-state index is 13.2. The van der Waals surface area contributed by atoms with Crippen LogP contribution in [0.1, 0.15) is 22.4 Å². The Morgan fingerprint density at radius 3 is 2.55 bits per heavy atom. The molecule has 0 amide bonds. The molecule has 0 spiro atoms. The summed E-state index contributed by atoms with van der Waals surface area (Å²) < 4.78 is 39.5. The predicted molar refractivity (Wildman–Crippen MR) is 78.6 cm³/mol. The lowest BCUT2D eigenvalue weighted by molar-refractivity contribution is -0.137. The average molecular weight is 327 g/mol. The van der Waals surface area contributed by atoms with Crippen LogP contribution in [0.2, 0.25) is 0 Å². The van der Waals surface area contributed by atoms with Gasteiger partial charge in [0.2, 0.25) is 0 Å². The van der Waals surface area contributed by atoms with Gasteiger partial charge in [0.25, 0.3) is 0 Å². The number of benzene rings is 1. The second kappa shape index (κ2) is 5.92. The Labute approximate surface area is 128 Å². The van der Waals surface area contributed by atoms with Crippen LogP contribution in [0.4, 0.5) is 13.2 Å². The minimum atomic E-state index is -4.50. The first-order valence-electron chi connectivity index (χ1n) is 6.25. The van der Waals surface area contributed by atoms with Gasteiger partial charge < -0.3 is 5.11 Å². The number of aromatic nitrogens is 1. The molecule has 0 saturated heterocycles. The van der Waals surface area contributed by atoms with E-state index in [9.17, 15) is 18.0 Å². The van der Waals surface area contributed by atoms with Gasteiger partial charge in [-0.2, -0.15) is 13.2 Å². The summed E-state index contributed by atoms with van der Waals surface area (Å²) >= 11 is 1.17. The first kappa shape index (κ1) is 16.2. The number of nitrogens with zero attached hydrogens (tertiary/aromatic N) is 1. The monoisotopic (exact) mass is 327 g/mol. The topological polar surface area (TPSA) is 50.2 Å². The van der Waals surface area contributed by atoms with Gasteiger partial charge in [-0.15, -0.1) is 11.3 Å². The van der Waals surface area contributed by atoms with Crippen LogP contribution in [-0.2, 0) is 11.0 Å². The molecule has 3 nitrogen and oxygen atoms in total. The number of aliphatic carboxylic acids is 1. The molecule has 0 aliphatic carbocycles. The summed E-state index contributed by atoms with van der Waals surface area (Å²) in [6, 6.07) is 5.14. The summed E-state index contributed by atoms with van der Waals surface area (Å²) in [5.74, 6) is -1.15. The highest BCUT2D eigenvalue weighted by atomic mass is 32.1. The van der Waals surface area contributed by atoms with Gasteiger partial charge in [-0.25, -0.2) is 9.78 Å². The Morgan fingerprint density at radius 2 is 1.95 bits per heavy atom. The molecule has 1 aromatic heterocycles. The highest BCUT2D eigenvalue weighted by molar-refractivity contribution is 7.13. The van der Waals surface area contributed by atoms with Crippen LogP contribution in [0.3, 0.4) is 0 Å². The van der Waals surface area contributed by atoms with Gasteiger partial charge in [-0.05, 0) is 25.5 Å². The van der Waals surface area contributed by atoms with Crippen LogP contribution in [0.5, 0.6) is 0 Å². The number of hydrogen-bond donors (Lipinski definition) is 1. The van der Waals surface area contributed by atoms with Crippen molar-refractivity contribution in [2.24, 2.45) is 0 Å². The maximum Gasteiger partial charge on any atom is 0.417 e. The summed E-state index contributed by atoms with van der Waals surface area (Å²) in [6.45, 7) is 3.21. The van der Waals surface area contributed by atoms with Crippen molar-refractivity contribution in [3.63, 3.8) is 0 Å². The SMILES string of the molecule is C/C(=C\C(=O)O)c1sc(C)nc1-c1ccccc1C(F)(F)F. The van der Waals surface area contributed by atoms with Crippen LogP contribution in [0, 0.1) is 6.92 Å². The molecular formula is C15H12F3NO2S. The van der Waals surface area contributed by atoms with Gasteiger partial charge in [0, 0.05) is 11.6 Å². The van der Waals surface area contributed by atoms with Gasteiger partial charge in [-0.3, -0.25) is 0 Å². The van der Waals surface area contributed by atoms with E-state index in [1.807, 2.05) is 0 Å². The van der Waals surface area contributed by atoms with E-state index in [2.05, 4.69) is 4.98 Å². The Hall–Kier alpha value is -2.15. The van der Waals surface area contributed by atoms with Gasteiger partial charge in [-0.1, -0.05) is 18.2 Å². The molecule has 22 heavy (non-hydrogen) atoms. The van der Waals surface area contributed by atoms with Crippen LogP contribution in [0.25, 0.3) is 16.8 Å². The molecule has 7 heteroatoms. The van der Waals surface area contributed by atoms with E-state index in [1.165, 1.54) is 29.5 Å². The van der Waals surface area contributed by atoms with Crippen LogP contribution in [0.15, 0.2) is 30.3 Å². The number of hydrogen-bond acceptors (Lipinski definition) is 3. The highest BCUT2D eigenvalue weighted by Crippen LogP contribution is 2.40. The van der Waals surface area contributed by atoms with Gasteiger partial charge >= 0.3 is 12.1 Å². The van der Waals surface area contributed by atoms with Crippen LogP contribution < -0.4 is 0 Å². The zero-order valence-corrected chi connectivity index (χ0v) is 12.5. The van der Waals surface area contributed by atoms with E-state index >= 15 is 0 Å². The third-order valence-corrected chi connectivity index (χ3v) is 4.03. The summed E-state index contributed by atoms with van der Waals surface area (Å²) in [4.78, 5) is 15.4. The second-order valence-electron chi connectivity index (χ2n) is 4.62. The molecule has 1 heterocycles. The van der Waals surface area contributed by atoms with Crippen molar-refractivity contribution >= 4 is 22.9 Å². The standard InChI is InChI=1S/C15H12F3NO2S/c1-8(7-12(20)21)14-13(19-9(2)22-14)10-5-3-4-6-11(10)15(16,17)18/h3-7H,1-2H3,(H,20,21)/b8-7+. The van der Waals surface area contributed by atoms with Crippen molar-refractivity contribution in [2.45, 2.75) is 20.0 Å². The Kier molecular flexibility index (Phi) is 4.37. The number of carboxylic acid groups (broad SMARTS) is 1. The van der Waals surface area contributed by atoms with Gasteiger partial charge in [0.1, 0.15) is 0 Å². The third-order valence-electron chi connectivity index (χ3n) is 2.92. The summed E-state index contributed by atoms with van der Waals surface area (Å²) in [5, 5.41) is 9.39. The van der Waals surface area contributed by atoms with Crippen molar-refractivity contribution in [1.82, 2.24) is 4.98 Å². The van der Waals surface area contributed by atoms with Crippen molar-refractivity contribution in [1.29, 1.82) is 0 Å². The molecule has 2 aromatic rings. The fourth-order valence-corrected chi connectivity index (χ4v) is 2.97. The smallest absolute Gasteiger partial charge is 0.417 e. The number of carboxylic acids is 1. The highest BCUT2D eigenvalue weighted by Gasteiger charge is 2.34. The maximum absolute atomic E-state index is 13.2. The van der Waals surface area contributed by atoms with Crippen molar-refractivity contribution in [3.8, 4) is 11.3 Å². The summed E-state index contributed by atoms with van der Waals surface area (Å²) in [7, 11) is 0. The molecular weight excluding hydrogens is 315 g/mol. The summed E-state index contributed by atoms with van der Waals surface area (Å²) in [6.07, 6.45) is -3.54. The largest absolute Gasteiger partial charge is 0.478 e. The number of allylic oxidation sites excluding steroid dienone is 1. The molecule has 2 rings (SSSR count). The van der Waals surface area contributed by atoms with Crippen LogP contribution >= 0.6 is 11.3 Å². The fourth-order valence-electron chi connectivity index (χ4n) is 2.06. The third kappa shape index (κ3) is 3.36. The number of rotatable bonds is 3. The second-order valence-corrected chi connectivity index (χ2v) is 5.82. The normalized spacial score (nSPS) is 12.5. The van der Waals surface area contributed by atoms with Gasteiger partial charge in [0.15, 0.2) is 0 Å². The number of halogens is 3. The lowest BCUT2D eigenvalue weighted by atomic mass is 10.0. The Balaban J connectivity index is 2.68. The molecule has 0 unspecified atom stereocenters. The van der Waals surface area contributed by atoms with E-state index in [4.69, 9.17) is 5.11 Å². The van der Waals surface area contributed by atoms with E-state index in [1.54, 1.807) is 13.8 Å². The first-order chi connectivity index (χ1) is 10.2. The summed E-state index contributed by atoms with van der Waals surface area (Å²) in [5.41, 5.74) is -0.312. The molecule has 0 aliphatic rings. The first-order valence-corrected chi connectivity index (χ1v) is 7.07. The molecule has 1 N–H and O–H groups in total. The molecule has 0 fully saturated rings. The zero-order valence-electron chi connectivity index (χ0n) is 11.7. The molecule has 0 bridgehead atoms. The molecule has 1 aromatic carbocycles. The molecule has 0 saturated carbocycles. The van der Waals surface area contributed by atoms with Gasteiger partial charge in [0.05, 0.1) is 21.1 Å². The molecule has 0 atom stereocenters. The number of carbonyl (C=O) groups is 1. The number of alkyl halides is 3. The predicted octanol–water partition coefficient (Wildman–Crippen LogP) is 4.63. The van der Waals surface area contributed by atoms with Crippen molar-refractivity contribution < 1.29 is 23.1 Å². The lowest BCUT2D eigenvalue weighted by Gasteiger charge is -2.12. The zero-order chi connectivity index (χ0) is 16.5.